The molecule has 0 saturated carbocycles. The van der Waals surface area contributed by atoms with E-state index in [0.717, 1.165) is 5.06 Å². The first-order chi connectivity index (χ1) is 7.15. The number of hydrogen-bond donors (Lipinski definition) is 0. The van der Waals surface area contributed by atoms with Gasteiger partial charge in [0.15, 0.2) is 0 Å². The number of ether oxygens (including phenoxy) is 1. The van der Waals surface area contributed by atoms with Crippen molar-refractivity contribution in [2.75, 3.05) is 12.2 Å². The summed E-state index contributed by atoms with van der Waals surface area (Å²) < 4.78 is 5.02. The minimum atomic E-state index is -0.515. The van der Waals surface area contributed by atoms with Gasteiger partial charge in [-0.05, 0) is 26.0 Å². The number of rotatable bonds is 3. The predicted molar refractivity (Wildman–Crippen MR) is 57.5 cm³/mol. The average molecular weight is 209 g/mol. The Morgan fingerprint density at radius 2 is 1.87 bits per heavy atom. The van der Waals surface area contributed by atoms with Crippen molar-refractivity contribution in [3.63, 3.8) is 0 Å². The van der Waals surface area contributed by atoms with Crippen molar-refractivity contribution in [2.24, 2.45) is 0 Å². The summed E-state index contributed by atoms with van der Waals surface area (Å²) in [5, 5.41) is 1.11. The Bertz CT molecular complexity index is 311. The number of benzene rings is 1. The fourth-order valence-electron chi connectivity index (χ4n) is 1.10. The lowest BCUT2D eigenvalue weighted by molar-refractivity contribution is 0.0796. The molecule has 0 atom stereocenters. The van der Waals surface area contributed by atoms with E-state index in [1.54, 1.807) is 26.0 Å². The van der Waals surface area contributed by atoms with E-state index in [1.165, 1.54) is 7.11 Å². The Morgan fingerprint density at radius 3 is 2.33 bits per heavy atom. The first-order valence-corrected chi connectivity index (χ1v) is 4.75. The van der Waals surface area contributed by atoms with Crippen LogP contribution in [0.5, 0.6) is 0 Å². The van der Waals surface area contributed by atoms with Crippen LogP contribution in [0.25, 0.3) is 0 Å². The number of carbonyl (C=O) groups excluding carboxylic acids is 1. The van der Waals surface area contributed by atoms with Crippen LogP contribution in [-0.2, 0) is 9.57 Å². The third-order valence-electron chi connectivity index (χ3n) is 1.68. The molecule has 0 aliphatic rings. The molecule has 1 aromatic rings. The first kappa shape index (κ1) is 11.5. The molecule has 0 heterocycles. The maximum atomic E-state index is 11.6. The zero-order valence-corrected chi connectivity index (χ0v) is 9.14. The molecule has 4 heteroatoms. The first-order valence-electron chi connectivity index (χ1n) is 4.75. The number of nitrogens with zero attached hydrogens (tertiary/aromatic N) is 1. The van der Waals surface area contributed by atoms with E-state index in [4.69, 9.17) is 9.57 Å². The molecule has 0 radical (unpaired) electrons. The fourth-order valence-corrected chi connectivity index (χ4v) is 1.10. The van der Waals surface area contributed by atoms with Crippen molar-refractivity contribution < 1.29 is 14.4 Å². The highest BCUT2D eigenvalue weighted by Crippen LogP contribution is 2.14. The maximum Gasteiger partial charge on any atom is 0.439 e. The lowest BCUT2D eigenvalue weighted by atomic mass is 10.3. The van der Waals surface area contributed by atoms with Gasteiger partial charge in [-0.15, -0.1) is 0 Å². The second kappa shape index (κ2) is 5.36. The molecule has 0 bridgehead atoms. The van der Waals surface area contributed by atoms with Gasteiger partial charge in [0.25, 0.3) is 0 Å². The third-order valence-corrected chi connectivity index (χ3v) is 1.68. The van der Waals surface area contributed by atoms with Crippen LogP contribution in [0, 0.1) is 0 Å². The summed E-state index contributed by atoms with van der Waals surface area (Å²) in [6.45, 7) is 3.58. The summed E-state index contributed by atoms with van der Waals surface area (Å²) >= 11 is 0. The van der Waals surface area contributed by atoms with Crippen LogP contribution >= 0.6 is 0 Å². The van der Waals surface area contributed by atoms with Gasteiger partial charge in [-0.3, -0.25) is 4.84 Å². The smallest absolute Gasteiger partial charge is 0.439 e. The minimum absolute atomic E-state index is 0.168. The molecule has 0 aliphatic carbocycles. The number of para-hydroxylation sites is 1. The highest BCUT2D eigenvalue weighted by Gasteiger charge is 2.17. The van der Waals surface area contributed by atoms with Crippen molar-refractivity contribution in [1.29, 1.82) is 0 Å². The van der Waals surface area contributed by atoms with Crippen molar-refractivity contribution >= 4 is 11.8 Å². The molecule has 0 unspecified atom stereocenters. The number of hydroxylamine groups is 1. The van der Waals surface area contributed by atoms with E-state index in [1.807, 2.05) is 18.2 Å². The molecule has 0 N–H and O–H groups in total. The van der Waals surface area contributed by atoms with Crippen molar-refractivity contribution in [1.82, 2.24) is 0 Å². The van der Waals surface area contributed by atoms with Crippen LogP contribution in [0.4, 0.5) is 10.5 Å². The number of carbonyl (C=O) groups is 1. The van der Waals surface area contributed by atoms with Gasteiger partial charge >= 0.3 is 6.09 Å². The van der Waals surface area contributed by atoms with E-state index in [0.29, 0.717) is 5.69 Å². The second-order valence-electron chi connectivity index (χ2n) is 3.25. The van der Waals surface area contributed by atoms with E-state index >= 15 is 0 Å². The van der Waals surface area contributed by atoms with E-state index in [-0.39, 0.29) is 6.10 Å². The lowest BCUT2D eigenvalue weighted by Gasteiger charge is -2.20. The highest BCUT2D eigenvalue weighted by molar-refractivity contribution is 5.85. The SMILES string of the molecule is CON(C(=O)OC(C)C)c1ccccc1. The van der Waals surface area contributed by atoms with Gasteiger partial charge in [0, 0.05) is 0 Å². The second-order valence-corrected chi connectivity index (χ2v) is 3.25. The molecule has 0 fully saturated rings. The van der Waals surface area contributed by atoms with Gasteiger partial charge in [-0.25, -0.2) is 4.79 Å². The number of anilines is 1. The number of hydrogen-bond acceptors (Lipinski definition) is 3. The Hall–Kier alpha value is -1.55. The van der Waals surface area contributed by atoms with Crippen LogP contribution in [0.2, 0.25) is 0 Å². The molecule has 0 aliphatic heterocycles. The molecule has 0 saturated heterocycles. The molecule has 0 aromatic heterocycles. The molecule has 1 amide bonds. The molecule has 82 valence electrons. The van der Waals surface area contributed by atoms with Crippen molar-refractivity contribution in [3.8, 4) is 0 Å². The summed E-state index contributed by atoms with van der Waals surface area (Å²) in [5.74, 6) is 0. The van der Waals surface area contributed by atoms with Crippen LogP contribution < -0.4 is 5.06 Å². The third kappa shape index (κ3) is 3.25. The van der Waals surface area contributed by atoms with Gasteiger partial charge in [-0.1, -0.05) is 18.2 Å². The normalized spacial score (nSPS) is 10.1. The Kier molecular flexibility index (Phi) is 4.12. The van der Waals surface area contributed by atoms with Crippen LogP contribution in [-0.4, -0.2) is 19.3 Å². The molecule has 1 aromatic carbocycles. The molecule has 0 spiro atoms. The fraction of sp³-hybridized carbons (Fsp3) is 0.364. The summed E-state index contributed by atoms with van der Waals surface area (Å²) in [5.41, 5.74) is 0.644. The van der Waals surface area contributed by atoms with Crippen LogP contribution in [0.1, 0.15) is 13.8 Å². The van der Waals surface area contributed by atoms with E-state index in [9.17, 15) is 4.79 Å². The summed E-state index contributed by atoms with van der Waals surface area (Å²) in [4.78, 5) is 16.5. The molecule has 1 rings (SSSR count). The van der Waals surface area contributed by atoms with Gasteiger partial charge in [0.2, 0.25) is 0 Å². The van der Waals surface area contributed by atoms with E-state index in [2.05, 4.69) is 0 Å². The number of amides is 1. The van der Waals surface area contributed by atoms with Gasteiger partial charge in [0.1, 0.15) is 0 Å². The van der Waals surface area contributed by atoms with Gasteiger partial charge in [-0.2, -0.15) is 5.06 Å². The van der Waals surface area contributed by atoms with Crippen molar-refractivity contribution in [2.45, 2.75) is 20.0 Å². The Morgan fingerprint density at radius 1 is 1.27 bits per heavy atom. The monoisotopic (exact) mass is 209 g/mol. The Labute approximate surface area is 89.4 Å². The summed E-state index contributed by atoms with van der Waals surface area (Å²) in [6, 6.07) is 9.05. The topological polar surface area (TPSA) is 38.8 Å². The summed E-state index contributed by atoms with van der Waals surface area (Å²) in [6.07, 6.45) is -0.683. The van der Waals surface area contributed by atoms with Crippen LogP contribution in [0.15, 0.2) is 30.3 Å². The minimum Gasteiger partial charge on any atom is -0.445 e. The molecular formula is C11H15NO3. The van der Waals surface area contributed by atoms with Gasteiger partial charge < -0.3 is 4.74 Å². The summed E-state index contributed by atoms with van der Waals surface area (Å²) in [7, 11) is 1.43. The van der Waals surface area contributed by atoms with Crippen molar-refractivity contribution in [3.05, 3.63) is 30.3 Å². The zero-order valence-electron chi connectivity index (χ0n) is 9.14. The maximum absolute atomic E-state index is 11.6. The van der Waals surface area contributed by atoms with E-state index < -0.39 is 6.09 Å². The standard InChI is InChI=1S/C11H15NO3/c1-9(2)15-11(13)12(14-3)10-7-5-4-6-8-10/h4-9H,1-3H3. The quantitative estimate of drug-likeness (QED) is 0.718. The lowest BCUT2D eigenvalue weighted by Crippen LogP contribution is -2.32. The molecule has 15 heavy (non-hydrogen) atoms. The average Bonchev–Trinajstić information content (AvgIpc) is 2.19. The Balaban J connectivity index is 2.76. The molecular weight excluding hydrogens is 194 g/mol. The predicted octanol–water partition coefficient (Wildman–Crippen LogP) is 2.60. The van der Waals surface area contributed by atoms with Crippen LogP contribution in [0.3, 0.4) is 0 Å². The molecule has 4 nitrogen and oxygen atoms in total. The van der Waals surface area contributed by atoms with Gasteiger partial charge in [0.05, 0.1) is 18.9 Å². The zero-order chi connectivity index (χ0) is 11.3. The highest BCUT2D eigenvalue weighted by atomic mass is 16.7. The largest absolute Gasteiger partial charge is 0.445 e.